The molecule has 1 aliphatic rings. The minimum Gasteiger partial charge on any atom is -0.310 e. The summed E-state index contributed by atoms with van der Waals surface area (Å²) in [6.45, 7) is 0. The van der Waals surface area contributed by atoms with Crippen LogP contribution in [0.1, 0.15) is 23.5 Å². The van der Waals surface area contributed by atoms with Crippen molar-refractivity contribution in [2.75, 3.05) is 17.8 Å². The smallest absolute Gasteiger partial charge is 0.257 e. The maximum atomic E-state index is 12.4. The first-order valence-electron chi connectivity index (χ1n) is 6.74. The van der Waals surface area contributed by atoms with Gasteiger partial charge < -0.3 is 10.3 Å². The van der Waals surface area contributed by atoms with E-state index in [1.165, 1.54) is 11.8 Å². The lowest BCUT2D eigenvalue weighted by Crippen LogP contribution is -2.31. The Bertz CT molecular complexity index is 771. The van der Waals surface area contributed by atoms with E-state index in [1.807, 2.05) is 36.8 Å². The molecule has 1 aromatic heterocycles. The number of aromatic nitrogens is 2. The van der Waals surface area contributed by atoms with E-state index in [4.69, 9.17) is 0 Å². The summed E-state index contributed by atoms with van der Waals surface area (Å²) in [5.74, 6) is 0.00621. The van der Waals surface area contributed by atoms with E-state index < -0.39 is 0 Å². The number of fused-ring (bicyclic) bond motifs is 1. The summed E-state index contributed by atoms with van der Waals surface area (Å²) >= 11 is 2.99. The van der Waals surface area contributed by atoms with E-state index in [1.54, 1.807) is 11.8 Å². The van der Waals surface area contributed by atoms with Crippen molar-refractivity contribution in [3.8, 4) is 0 Å². The van der Waals surface area contributed by atoms with Gasteiger partial charge in [0.05, 0.1) is 5.56 Å². The quantitative estimate of drug-likeness (QED) is 0.667. The van der Waals surface area contributed by atoms with E-state index in [0.717, 1.165) is 10.5 Å². The summed E-state index contributed by atoms with van der Waals surface area (Å²) in [5.41, 5.74) is 1.31. The fraction of sp³-hybridized carbons (Fsp3) is 0.267. The lowest BCUT2D eigenvalue weighted by atomic mass is 9.87. The molecule has 0 aliphatic carbocycles. The zero-order valence-corrected chi connectivity index (χ0v) is 13.8. The highest BCUT2D eigenvalue weighted by Crippen LogP contribution is 2.34. The van der Waals surface area contributed by atoms with Crippen molar-refractivity contribution >= 4 is 35.2 Å². The number of thioether (sulfide) groups is 2. The van der Waals surface area contributed by atoms with Crippen LogP contribution in [0.2, 0.25) is 0 Å². The van der Waals surface area contributed by atoms with E-state index in [-0.39, 0.29) is 23.8 Å². The zero-order valence-electron chi connectivity index (χ0n) is 12.2. The van der Waals surface area contributed by atoms with Gasteiger partial charge in [-0.05, 0) is 30.2 Å². The molecular weight excluding hydrogens is 318 g/mol. The molecule has 22 heavy (non-hydrogen) atoms. The number of hydrogen-bond donors (Lipinski definition) is 2. The molecule has 2 aromatic rings. The van der Waals surface area contributed by atoms with Crippen LogP contribution in [-0.4, -0.2) is 28.4 Å². The molecule has 0 saturated carbocycles. The molecule has 0 fully saturated rings. The van der Waals surface area contributed by atoms with Gasteiger partial charge in [0.15, 0.2) is 5.16 Å². The number of H-pyrrole nitrogens is 1. The third-order valence-electron chi connectivity index (χ3n) is 3.64. The molecule has 0 unspecified atom stereocenters. The number of rotatable bonds is 3. The van der Waals surface area contributed by atoms with Gasteiger partial charge in [-0.3, -0.25) is 9.59 Å². The maximum absolute atomic E-state index is 12.4. The van der Waals surface area contributed by atoms with E-state index in [2.05, 4.69) is 15.3 Å². The highest BCUT2D eigenvalue weighted by atomic mass is 32.2. The minimum absolute atomic E-state index is 0.114. The predicted octanol–water partition coefficient (Wildman–Crippen LogP) is 2.69. The number of carbonyl (C=O) groups is 1. The number of aromatic amines is 1. The molecule has 5 nitrogen and oxygen atoms in total. The van der Waals surface area contributed by atoms with Crippen LogP contribution in [0.4, 0.5) is 5.82 Å². The van der Waals surface area contributed by atoms with Crippen LogP contribution in [0.5, 0.6) is 0 Å². The lowest BCUT2D eigenvalue weighted by Gasteiger charge is -2.24. The van der Waals surface area contributed by atoms with Gasteiger partial charge in [0.1, 0.15) is 5.82 Å². The molecule has 3 rings (SSSR count). The molecule has 0 bridgehead atoms. The molecule has 2 heterocycles. The molecule has 2 N–H and O–H groups in total. The standard InChI is InChI=1S/C15H15N3O2S2/c1-21-9-5-3-8(4-6-9)10-7-11(19)16-13-12(10)14(20)18-15(17-13)22-2/h3-6,10H,7H2,1-2H3,(H2,16,17,18,19,20)/t10-/m1/s1. The van der Waals surface area contributed by atoms with Crippen LogP contribution >= 0.6 is 23.5 Å². The average molecular weight is 333 g/mol. The number of nitrogens with one attached hydrogen (secondary N) is 2. The Morgan fingerprint density at radius 3 is 2.50 bits per heavy atom. The first kappa shape index (κ1) is 15.2. The largest absolute Gasteiger partial charge is 0.310 e. The second-order valence-electron chi connectivity index (χ2n) is 4.92. The summed E-state index contributed by atoms with van der Waals surface area (Å²) in [6, 6.07) is 7.95. The Morgan fingerprint density at radius 2 is 1.86 bits per heavy atom. The SMILES string of the molecule is CSc1ccc([C@H]2CC(=O)Nc3nc(SC)[nH]c(=O)c32)cc1. The average Bonchev–Trinajstić information content (AvgIpc) is 2.53. The number of nitrogens with zero attached hydrogens (tertiary/aromatic N) is 1. The summed E-state index contributed by atoms with van der Waals surface area (Å²) in [6.07, 6.45) is 4.10. The number of benzene rings is 1. The Hall–Kier alpha value is -1.73. The molecule has 0 radical (unpaired) electrons. The Kier molecular flexibility index (Phi) is 4.26. The third-order valence-corrected chi connectivity index (χ3v) is 4.96. The van der Waals surface area contributed by atoms with Crippen molar-refractivity contribution in [3.05, 3.63) is 45.7 Å². The van der Waals surface area contributed by atoms with Crippen molar-refractivity contribution < 1.29 is 4.79 Å². The van der Waals surface area contributed by atoms with Crippen LogP contribution in [0, 0.1) is 0 Å². The van der Waals surface area contributed by atoms with E-state index in [9.17, 15) is 9.59 Å². The second kappa shape index (κ2) is 6.18. The van der Waals surface area contributed by atoms with Gasteiger partial charge >= 0.3 is 0 Å². The Morgan fingerprint density at radius 1 is 1.14 bits per heavy atom. The topological polar surface area (TPSA) is 74.8 Å². The molecule has 1 amide bonds. The van der Waals surface area contributed by atoms with Crippen LogP contribution in [-0.2, 0) is 4.79 Å². The molecule has 1 aromatic carbocycles. The predicted molar refractivity (Wildman–Crippen MR) is 90.0 cm³/mol. The van der Waals surface area contributed by atoms with Gasteiger partial charge in [-0.15, -0.1) is 11.8 Å². The number of hydrogen-bond acceptors (Lipinski definition) is 5. The minimum atomic E-state index is -0.258. The second-order valence-corrected chi connectivity index (χ2v) is 6.59. The zero-order chi connectivity index (χ0) is 15.7. The summed E-state index contributed by atoms with van der Waals surface area (Å²) in [4.78, 5) is 32.6. The van der Waals surface area contributed by atoms with Crippen LogP contribution in [0.25, 0.3) is 0 Å². The highest BCUT2D eigenvalue weighted by molar-refractivity contribution is 7.98. The van der Waals surface area contributed by atoms with E-state index in [0.29, 0.717) is 16.5 Å². The van der Waals surface area contributed by atoms with Gasteiger partial charge in [-0.25, -0.2) is 4.98 Å². The van der Waals surface area contributed by atoms with Gasteiger partial charge in [0.25, 0.3) is 5.56 Å². The van der Waals surface area contributed by atoms with Gasteiger partial charge in [-0.2, -0.15) is 0 Å². The van der Waals surface area contributed by atoms with Crippen LogP contribution in [0.3, 0.4) is 0 Å². The van der Waals surface area contributed by atoms with Crippen molar-refractivity contribution in [1.82, 2.24) is 9.97 Å². The summed E-state index contributed by atoms with van der Waals surface area (Å²) < 4.78 is 0. The Balaban J connectivity index is 2.10. The van der Waals surface area contributed by atoms with Gasteiger partial charge in [0.2, 0.25) is 5.91 Å². The van der Waals surface area contributed by atoms with Gasteiger partial charge in [0, 0.05) is 17.2 Å². The molecule has 1 aliphatic heterocycles. The summed E-state index contributed by atoms with van der Waals surface area (Å²) in [7, 11) is 0. The normalized spacial score (nSPS) is 17.0. The monoisotopic (exact) mass is 333 g/mol. The van der Waals surface area contributed by atoms with Crippen molar-refractivity contribution in [3.63, 3.8) is 0 Å². The summed E-state index contributed by atoms with van der Waals surface area (Å²) in [5, 5.41) is 3.21. The molecule has 0 saturated heterocycles. The van der Waals surface area contributed by atoms with Gasteiger partial charge in [-0.1, -0.05) is 23.9 Å². The lowest BCUT2D eigenvalue weighted by molar-refractivity contribution is -0.116. The van der Waals surface area contributed by atoms with Crippen molar-refractivity contribution in [1.29, 1.82) is 0 Å². The molecule has 0 spiro atoms. The number of amides is 1. The maximum Gasteiger partial charge on any atom is 0.257 e. The third kappa shape index (κ3) is 2.78. The fourth-order valence-electron chi connectivity index (χ4n) is 2.57. The van der Waals surface area contributed by atoms with Crippen molar-refractivity contribution in [2.45, 2.75) is 22.4 Å². The van der Waals surface area contributed by atoms with Crippen LogP contribution < -0.4 is 10.9 Å². The molecule has 1 atom stereocenters. The fourth-order valence-corrected chi connectivity index (χ4v) is 3.35. The molecule has 114 valence electrons. The van der Waals surface area contributed by atoms with E-state index >= 15 is 0 Å². The van der Waals surface area contributed by atoms with Crippen LogP contribution in [0.15, 0.2) is 39.1 Å². The first-order valence-corrected chi connectivity index (χ1v) is 9.19. The molecular formula is C15H15N3O2S2. The highest BCUT2D eigenvalue weighted by Gasteiger charge is 2.30. The number of carbonyl (C=O) groups excluding carboxylic acids is 1. The number of anilines is 1. The first-order chi connectivity index (χ1) is 10.6. The Labute approximate surface area is 136 Å². The molecule has 7 heteroatoms. The van der Waals surface area contributed by atoms with Crippen molar-refractivity contribution in [2.24, 2.45) is 0 Å².